The average molecular weight is 320 g/mol. The van der Waals surface area contributed by atoms with E-state index in [9.17, 15) is 9.90 Å². The number of esters is 1. The molecule has 0 spiro atoms. The van der Waals surface area contributed by atoms with Crippen LogP contribution in [0.15, 0.2) is 55.6 Å². The van der Waals surface area contributed by atoms with Crippen LogP contribution in [0.25, 0.3) is 0 Å². The fraction of sp³-hybridized carbons (Fsp3) is 0.389. The van der Waals surface area contributed by atoms with Crippen molar-refractivity contribution in [2.45, 2.75) is 30.8 Å². The van der Waals surface area contributed by atoms with Gasteiger partial charge in [0.05, 0.1) is 11.7 Å². The first-order valence-corrected chi connectivity index (χ1v) is 7.32. The van der Waals surface area contributed by atoms with Crippen LogP contribution in [0.2, 0.25) is 0 Å². The molecule has 4 atom stereocenters. The summed E-state index contributed by atoms with van der Waals surface area (Å²) >= 11 is 0. The van der Waals surface area contributed by atoms with Crippen LogP contribution in [0.5, 0.6) is 0 Å². The highest BCUT2D eigenvalue weighted by molar-refractivity contribution is 5.89. The summed E-state index contributed by atoms with van der Waals surface area (Å²) in [5.74, 6) is -0.495. The summed E-state index contributed by atoms with van der Waals surface area (Å²) in [4.78, 5) is 12.2. The number of rotatable bonds is 10. The van der Waals surface area contributed by atoms with E-state index in [2.05, 4.69) is 13.2 Å². The number of carbonyl (C=O) groups excluding carboxylic acids is 1. The lowest BCUT2D eigenvalue weighted by Gasteiger charge is -2.32. The molecule has 0 aliphatic rings. The highest BCUT2D eigenvalue weighted by Crippen LogP contribution is 2.18. The Labute approximate surface area is 137 Å². The molecule has 0 saturated heterocycles. The molecule has 0 fully saturated rings. The van der Waals surface area contributed by atoms with Gasteiger partial charge in [-0.15, -0.1) is 6.58 Å². The normalized spacial score (nSPS) is 16.0. The minimum Gasteiger partial charge on any atom is -0.452 e. The molecular weight excluding hydrogens is 296 g/mol. The van der Waals surface area contributed by atoms with Crippen LogP contribution in [0.4, 0.5) is 0 Å². The molecule has 0 amide bonds. The lowest BCUT2D eigenvalue weighted by Crippen LogP contribution is -2.47. The van der Waals surface area contributed by atoms with E-state index in [1.165, 1.54) is 20.3 Å². The van der Waals surface area contributed by atoms with Gasteiger partial charge in [-0.05, 0) is 24.6 Å². The summed E-state index contributed by atoms with van der Waals surface area (Å²) in [5, 5.41) is 10.2. The molecule has 5 nitrogen and oxygen atoms in total. The second kappa shape index (κ2) is 9.94. The molecule has 0 heterocycles. The Morgan fingerprint density at radius 2 is 1.78 bits per heavy atom. The van der Waals surface area contributed by atoms with Crippen molar-refractivity contribution in [3.63, 3.8) is 0 Å². The number of carbonyl (C=O) groups is 1. The molecule has 0 aromatic heterocycles. The molecule has 0 aliphatic heterocycles. The van der Waals surface area contributed by atoms with Gasteiger partial charge in [-0.1, -0.05) is 30.9 Å². The van der Waals surface area contributed by atoms with Crippen LogP contribution in [-0.2, 0) is 14.2 Å². The Morgan fingerprint density at radius 1 is 1.17 bits per heavy atom. The van der Waals surface area contributed by atoms with Crippen molar-refractivity contribution in [2.75, 3.05) is 14.2 Å². The molecule has 0 saturated carbocycles. The van der Waals surface area contributed by atoms with E-state index in [1.54, 1.807) is 30.3 Å². The number of methoxy groups -OCH3 is 2. The molecule has 0 bridgehead atoms. The van der Waals surface area contributed by atoms with E-state index in [-0.39, 0.29) is 0 Å². The van der Waals surface area contributed by atoms with Gasteiger partial charge in [0.1, 0.15) is 18.3 Å². The molecule has 1 rings (SSSR count). The Hall–Kier alpha value is -1.95. The zero-order chi connectivity index (χ0) is 17.2. The molecule has 126 valence electrons. The predicted octanol–water partition coefficient (Wildman–Crippen LogP) is 2.37. The SMILES string of the molecule is C=CC[C@@H](O)[C@H](OC)[C@@H](OC)[C@@H](C=C)OC(=O)c1ccccc1. The second-order valence-electron chi connectivity index (χ2n) is 4.96. The Kier molecular flexibility index (Phi) is 8.26. The first-order valence-electron chi connectivity index (χ1n) is 7.32. The number of hydrogen-bond acceptors (Lipinski definition) is 5. The molecular formula is C18H24O5. The average Bonchev–Trinajstić information content (AvgIpc) is 2.58. The second-order valence-corrected chi connectivity index (χ2v) is 4.96. The van der Waals surface area contributed by atoms with Crippen molar-refractivity contribution < 1.29 is 24.1 Å². The predicted molar refractivity (Wildman–Crippen MR) is 88.3 cm³/mol. The van der Waals surface area contributed by atoms with Gasteiger partial charge in [0.25, 0.3) is 0 Å². The van der Waals surface area contributed by atoms with Gasteiger partial charge in [0.2, 0.25) is 0 Å². The number of hydrogen-bond donors (Lipinski definition) is 1. The van der Waals surface area contributed by atoms with Crippen molar-refractivity contribution in [3.8, 4) is 0 Å². The molecule has 0 unspecified atom stereocenters. The summed E-state index contributed by atoms with van der Waals surface area (Å²) in [6.07, 6.45) is 0.390. The monoisotopic (exact) mass is 320 g/mol. The van der Waals surface area contributed by atoms with E-state index in [0.717, 1.165) is 0 Å². The van der Waals surface area contributed by atoms with Crippen LogP contribution in [0.1, 0.15) is 16.8 Å². The number of aliphatic hydroxyl groups excluding tert-OH is 1. The molecule has 0 aliphatic carbocycles. The molecule has 0 radical (unpaired) electrons. The lowest BCUT2D eigenvalue weighted by molar-refractivity contribution is -0.126. The molecule has 5 heteroatoms. The Balaban J connectivity index is 2.89. The lowest BCUT2D eigenvalue weighted by atomic mass is 10.00. The van der Waals surface area contributed by atoms with Gasteiger partial charge in [-0.3, -0.25) is 0 Å². The number of benzene rings is 1. The number of aliphatic hydroxyl groups is 1. The third-order valence-electron chi connectivity index (χ3n) is 3.46. The zero-order valence-corrected chi connectivity index (χ0v) is 13.6. The van der Waals surface area contributed by atoms with Crippen LogP contribution in [0, 0.1) is 0 Å². The molecule has 1 aromatic rings. The van der Waals surface area contributed by atoms with Gasteiger partial charge in [0, 0.05) is 14.2 Å². The molecule has 1 aromatic carbocycles. The van der Waals surface area contributed by atoms with Crippen molar-refractivity contribution in [3.05, 3.63) is 61.2 Å². The fourth-order valence-electron chi connectivity index (χ4n) is 2.29. The van der Waals surface area contributed by atoms with Gasteiger partial charge >= 0.3 is 5.97 Å². The highest BCUT2D eigenvalue weighted by Gasteiger charge is 2.35. The van der Waals surface area contributed by atoms with Crippen LogP contribution in [0.3, 0.4) is 0 Å². The van der Waals surface area contributed by atoms with Crippen molar-refractivity contribution in [1.29, 1.82) is 0 Å². The van der Waals surface area contributed by atoms with Crippen LogP contribution >= 0.6 is 0 Å². The minimum atomic E-state index is -0.833. The van der Waals surface area contributed by atoms with Crippen molar-refractivity contribution in [2.24, 2.45) is 0 Å². The van der Waals surface area contributed by atoms with E-state index in [0.29, 0.717) is 12.0 Å². The van der Waals surface area contributed by atoms with E-state index >= 15 is 0 Å². The van der Waals surface area contributed by atoms with Gasteiger partial charge in [-0.25, -0.2) is 4.79 Å². The summed E-state index contributed by atoms with van der Waals surface area (Å²) in [5.41, 5.74) is 0.426. The maximum Gasteiger partial charge on any atom is 0.338 e. The Bertz CT molecular complexity index is 499. The van der Waals surface area contributed by atoms with Crippen molar-refractivity contribution >= 4 is 5.97 Å². The van der Waals surface area contributed by atoms with Gasteiger partial charge in [0.15, 0.2) is 0 Å². The fourth-order valence-corrected chi connectivity index (χ4v) is 2.29. The largest absolute Gasteiger partial charge is 0.452 e. The summed E-state index contributed by atoms with van der Waals surface area (Å²) in [7, 11) is 2.92. The zero-order valence-electron chi connectivity index (χ0n) is 13.6. The minimum absolute atomic E-state index is 0.328. The van der Waals surface area contributed by atoms with E-state index in [4.69, 9.17) is 14.2 Å². The third-order valence-corrected chi connectivity index (χ3v) is 3.46. The van der Waals surface area contributed by atoms with Crippen molar-refractivity contribution in [1.82, 2.24) is 0 Å². The summed E-state index contributed by atoms with van der Waals surface area (Å²) in [6, 6.07) is 8.62. The first kappa shape index (κ1) is 19.1. The summed E-state index contributed by atoms with van der Waals surface area (Å²) < 4.78 is 16.2. The van der Waals surface area contributed by atoms with E-state index < -0.39 is 30.4 Å². The first-order chi connectivity index (χ1) is 11.1. The maximum absolute atomic E-state index is 12.2. The maximum atomic E-state index is 12.2. The van der Waals surface area contributed by atoms with Gasteiger partial charge < -0.3 is 19.3 Å². The third kappa shape index (κ3) is 5.32. The van der Waals surface area contributed by atoms with Crippen LogP contribution < -0.4 is 0 Å². The topological polar surface area (TPSA) is 65.0 Å². The standard InChI is InChI=1S/C18H24O5/c1-5-10-14(19)16(21-3)17(22-4)15(6-2)23-18(20)13-11-8-7-9-12-13/h5-9,11-12,14-17,19H,1-2,10H2,3-4H3/t14-,15-,16+,17+/m1/s1. The smallest absolute Gasteiger partial charge is 0.338 e. The highest BCUT2D eigenvalue weighted by atomic mass is 16.6. The van der Waals surface area contributed by atoms with E-state index in [1.807, 2.05) is 6.07 Å². The molecule has 23 heavy (non-hydrogen) atoms. The number of ether oxygens (including phenoxy) is 3. The quantitative estimate of drug-likeness (QED) is 0.529. The Morgan fingerprint density at radius 3 is 2.26 bits per heavy atom. The van der Waals surface area contributed by atoms with Crippen LogP contribution in [-0.4, -0.2) is 49.7 Å². The summed E-state index contributed by atoms with van der Waals surface area (Å²) in [6.45, 7) is 7.28. The molecule has 1 N–H and O–H groups in total. The van der Waals surface area contributed by atoms with Gasteiger partial charge in [-0.2, -0.15) is 0 Å².